The van der Waals surface area contributed by atoms with Crippen LogP contribution in [0.15, 0.2) is 42.7 Å². The van der Waals surface area contributed by atoms with E-state index in [2.05, 4.69) is 21.7 Å². The molecule has 2 aliphatic rings. The first-order valence-corrected chi connectivity index (χ1v) is 12.6. The molecule has 2 aliphatic heterocycles. The molecule has 0 bridgehead atoms. The molecule has 2 aromatic heterocycles. The molecule has 4 heterocycles. The number of aliphatic hydroxyl groups is 1. The zero-order valence-corrected chi connectivity index (χ0v) is 20.2. The molecule has 34 heavy (non-hydrogen) atoms. The number of nitrogens with zero attached hydrogens (tertiary/aromatic N) is 5. The van der Waals surface area contributed by atoms with Crippen molar-refractivity contribution in [1.82, 2.24) is 19.9 Å². The number of fused-ring (bicyclic) bond motifs is 1. The highest BCUT2D eigenvalue weighted by Crippen LogP contribution is 2.33. The molecule has 5 rings (SSSR count). The van der Waals surface area contributed by atoms with Gasteiger partial charge in [-0.1, -0.05) is 6.07 Å². The summed E-state index contributed by atoms with van der Waals surface area (Å²) in [5.41, 5.74) is 2.91. The number of hydrogen-bond acceptors (Lipinski definition) is 7. The normalized spacial score (nSPS) is 19.4. The molecular weight excluding hydrogens is 426 g/mol. The molecule has 1 N–H and O–H groups in total. The van der Waals surface area contributed by atoms with E-state index >= 15 is 0 Å². The average molecular weight is 462 g/mol. The molecule has 1 unspecified atom stereocenters. The molecule has 1 atom stereocenters. The molecule has 1 aromatic carbocycles. The van der Waals surface area contributed by atoms with E-state index in [1.54, 1.807) is 12.4 Å². The third-order valence-electron chi connectivity index (χ3n) is 7.47. The number of aryl methyl sites for hydroxylation is 1. The van der Waals surface area contributed by atoms with E-state index < -0.39 is 6.10 Å². The molecule has 0 saturated carbocycles. The predicted octanol–water partition coefficient (Wildman–Crippen LogP) is 4.15. The Hall–Kier alpha value is -2.77. The number of benzene rings is 1. The van der Waals surface area contributed by atoms with Crippen LogP contribution in [0.5, 0.6) is 5.75 Å². The maximum absolute atomic E-state index is 10.8. The van der Waals surface area contributed by atoms with Crippen molar-refractivity contribution in [3.63, 3.8) is 0 Å². The lowest BCUT2D eigenvalue weighted by Crippen LogP contribution is -2.48. The summed E-state index contributed by atoms with van der Waals surface area (Å²) in [4.78, 5) is 18.8. The van der Waals surface area contributed by atoms with Crippen LogP contribution in [0.3, 0.4) is 0 Å². The fourth-order valence-corrected chi connectivity index (χ4v) is 5.50. The molecule has 7 nitrogen and oxygen atoms in total. The summed E-state index contributed by atoms with van der Waals surface area (Å²) in [5.74, 6) is 2.02. The Balaban J connectivity index is 1.17. The highest BCUT2D eigenvalue weighted by Gasteiger charge is 2.31. The van der Waals surface area contributed by atoms with Crippen molar-refractivity contribution in [3.05, 3.63) is 54.0 Å². The van der Waals surface area contributed by atoms with Crippen LogP contribution in [0.2, 0.25) is 0 Å². The Morgan fingerprint density at radius 2 is 1.85 bits per heavy atom. The van der Waals surface area contributed by atoms with Gasteiger partial charge in [-0.3, -0.25) is 4.98 Å². The van der Waals surface area contributed by atoms with Gasteiger partial charge in [0.25, 0.3) is 0 Å². The summed E-state index contributed by atoms with van der Waals surface area (Å²) in [6, 6.07) is 10.6. The molecule has 2 saturated heterocycles. The molecule has 0 aliphatic carbocycles. The van der Waals surface area contributed by atoms with E-state index in [0.717, 1.165) is 85.7 Å². The number of ether oxygens (including phenoxy) is 1. The molecule has 0 radical (unpaired) electrons. The molecule has 7 heteroatoms. The van der Waals surface area contributed by atoms with Crippen molar-refractivity contribution >= 4 is 16.9 Å². The zero-order valence-electron chi connectivity index (χ0n) is 20.2. The van der Waals surface area contributed by atoms with Crippen molar-refractivity contribution in [2.24, 2.45) is 5.92 Å². The number of aromatic nitrogens is 3. The second-order valence-corrected chi connectivity index (χ2v) is 9.54. The van der Waals surface area contributed by atoms with Crippen LogP contribution in [-0.2, 0) is 0 Å². The van der Waals surface area contributed by atoms with Gasteiger partial charge < -0.3 is 19.6 Å². The quantitative estimate of drug-likeness (QED) is 0.591. The predicted molar refractivity (Wildman–Crippen MR) is 134 cm³/mol. The maximum atomic E-state index is 10.8. The van der Waals surface area contributed by atoms with Crippen LogP contribution in [-0.4, -0.2) is 63.8 Å². The second kappa shape index (κ2) is 10.2. The summed E-state index contributed by atoms with van der Waals surface area (Å²) < 4.78 is 5.64. The fourth-order valence-electron chi connectivity index (χ4n) is 5.50. The van der Waals surface area contributed by atoms with Gasteiger partial charge in [0.2, 0.25) is 5.95 Å². The van der Waals surface area contributed by atoms with Gasteiger partial charge in [-0.25, -0.2) is 9.97 Å². The SMILES string of the molecule is CCOc1ccc2nc(N3CCC(N4CCC(C(O)c5cccnc5)CC4)CC3)nc(C)c2c1. The summed E-state index contributed by atoms with van der Waals surface area (Å²) in [5, 5.41) is 11.8. The molecular formula is C27H35N5O2. The lowest BCUT2D eigenvalue weighted by Gasteiger charge is -2.42. The Bertz CT molecular complexity index is 1090. The summed E-state index contributed by atoms with van der Waals surface area (Å²) in [6.45, 7) is 8.77. The summed E-state index contributed by atoms with van der Waals surface area (Å²) in [6.07, 6.45) is 7.46. The summed E-state index contributed by atoms with van der Waals surface area (Å²) in [7, 11) is 0. The van der Waals surface area contributed by atoms with Crippen LogP contribution >= 0.6 is 0 Å². The van der Waals surface area contributed by atoms with E-state index in [4.69, 9.17) is 14.7 Å². The van der Waals surface area contributed by atoms with Gasteiger partial charge in [-0.05, 0) is 88.4 Å². The van der Waals surface area contributed by atoms with Gasteiger partial charge in [-0.2, -0.15) is 0 Å². The standard InChI is InChI=1S/C27H35N5O2/c1-3-34-23-6-7-25-24(17-23)19(2)29-27(30-25)32-15-10-22(11-16-32)31-13-8-20(9-14-31)26(33)21-5-4-12-28-18-21/h4-7,12,17-18,20,22,26,33H,3,8-11,13-16H2,1-2H3. The molecule has 180 valence electrons. The van der Waals surface area contributed by atoms with Crippen LogP contribution in [0.25, 0.3) is 10.9 Å². The highest BCUT2D eigenvalue weighted by molar-refractivity contribution is 5.83. The van der Waals surface area contributed by atoms with Crippen molar-refractivity contribution in [2.45, 2.75) is 51.7 Å². The van der Waals surface area contributed by atoms with Crippen LogP contribution < -0.4 is 9.64 Å². The van der Waals surface area contributed by atoms with Gasteiger partial charge in [0.1, 0.15) is 5.75 Å². The van der Waals surface area contributed by atoms with E-state index in [1.807, 2.05) is 37.3 Å². The summed E-state index contributed by atoms with van der Waals surface area (Å²) >= 11 is 0. The Morgan fingerprint density at radius 3 is 2.56 bits per heavy atom. The number of anilines is 1. The van der Waals surface area contributed by atoms with Crippen LogP contribution in [0.4, 0.5) is 5.95 Å². The first-order chi connectivity index (χ1) is 16.6. The van der Waals surface area contributed by atoms with Gasteiger partial charge in [0, 0.05) is 36.9 Å². The van der Waals surface area contributed by atoms with Crippen molar-refractivity contribution in [3.8, 4) is 5.75 Å². The smallest absolute Gasteiger partial charge is 0.226 e. The number of piperidine rings is 2. The number of aliphatic hydroxyl groups excluding tert-OH is 1. The molecule has 0 amide bonds. The van der Waals surface area contributed by atoms with Gasteiger partial charge in [0.15, 0.2) is 0 Å². The van der Waals surface area contributed by atoms with E-state index in [9.17, 15) is 5.11 Å². The van der Waals surface area contributed by atoms with Gasteiger partial charge in [0.05, 0.1) is 23.9 Å². The number of hydrogen-bond donors (Lipinski definition) is 1. The number of pyridine rings is 1. The lowest BCUT2D eigenvalue weighted by atomic mass is 9.87. The first-order valence-electron chi connectivity index (χ1n) is 12.6. The molecule has 0 spiro atoms. The Labute approximate surface area is 201 Å². The van der Waals surface area contributed by atoms with E-state index in [-0.39, 0.29) is 0 Å². The third-order valence-corrected chi connectivity index (χ3v) is 7.47. The topological polar surface area (TPSA) is 74.6 Å². The molecule has 3 aromatic rings. The van der Waals surface area contributed by atoms with E-state index in [1.165, 1.54) is 0 Å². The van der Waals surface area contributed by atoms with Crippen molar-refractivity contribution in [1.29, 1.82) is 0 Å². The third kappa shape index (κ3) is 4.86. The minimum Gasteiger partial charge on any atom is -0.494 e. The average Bonchev–Trinajstić information content (AvgIpc) is 2.89. The minimum absolute atomic E-state index is 0.317. The largest absolute Gasteiger partial charge is 0.494 e. The highest BCUT2D eigenvalue weighted by atomic mass is 16.5. The Morgan fingerprint density at radius 1 is 1.06 bits per heavy atom. The second-order valence-electron chi connectivity index (χ2n) is 9.54. The zero-order chi connectivity index (χ0) is 23.5. The van der Waals surface area contributed by atoms with Crippen molar-refractivity contribution in [2.75, 3.05) is 37.7 Å². The van der Waals surface area contributed by atoms with Crippen LogP contribution in [0, 0.1) is 12.8 Å². The number of rotatable bonds is 6. The first kappa shape index (κ1) is 23.0. The lowest BCUT2D eigenvalue weighted by molar-refractivity contribution is 0.0402. The number of likely N-dealkylation sites (tertiary alicyclic amines) is 1. The monoisotopic (exact) mass is 461 g/mol. The van der Waals surface area contributed by atoms with E-state index in [0.29, 0.717) is 18.6 Å². The molecule has 2 fully saturated rings. The van der Waals surface area contributed by atoms with Gasteiger partial charge in [-0.15, -0.1) is 0 Å². The minimum atomic E-state index is -0.407. The van der Waals surface area contributed by atoms with Gasteiger partial charge >= 0.3 is 0 Å². The fraction of sp³-hybridized carbons (Fsp3) is 0.519. The Kier molecular flexibility index (Phi) is 6.92. The van der Waals surface area contributed by atoms with Crippen molar-refractivity contribution < 1.29 is 9.84 Å². The maximum Gasteiger partial charge on any atom is 0.226 e. The van der Waals surface area contributed by atoms with Crippen LogP contribution in [0.1, 0.15) is 50.0 Å².